The lowest BCUT2D eigenvalue weighted by atomic mass is 10.0. The molecular formula is C21H24ClN5O2. The zero-order chi connectivity index (χ0) is 21.1. The Morgan fingerprint density at radius 1 is 1.24 bits per heavy atom. The lowest BCUT2D eigenvalue weighted by molar-refractivity contribution is -0.128. The summed E-state index contributed by atoms with van der Waals surface area (Å²) >= 11 is 5.82. The van der Waals surface area contributed by atoms with Crippen LogP contribution in [0.4, 0.5) is 4.79 Å². The van der Waals surface area contributed by atoms with Gasteiger partial charge in [-0.15, -0.1) is 0 Å². The van der Waals surface area contributed by atoms with E-state index >= 15 is 0 Å². The Bertz CT molecular complexity index is 927. The molecule has 1 aliphatic heterocycles. The maximum absolute atomic E-state index is 12.8. The van der Waals surface area contributed by atoms with E-state index in [1.165, 1.54) is 11.9 Å². The normalized spacial score (nSPS) is 16.9. The molecule has 29 heavy (non-hydrogen) atoms. The first-order valence-electron chi connectivity index (χ1n) is 9.34. The van der Waals surface area contributed by atoms with Gasteiger partial charge in [0.25, 0.3) is 0 Å². The molecule has 0 bridgehead atoms. The number of carbonyl (C=O) groups excluding carboxylic acids is 2. The van der Waals surface area contributed by atoms with E-state index in [0.29, 0.717) is 10.9 Å². The van der Waals surface area contributed by atoms with E-state index < -0.39 is 0 Å². The molecule has 0 saturated heterocycles. The van der Waals surface area contributed by atoms with Crippen molar-refractivity contribution in [3.05, 3.63) is 64.4 Å². The molecule has 0 aliphatic carbocycles. The van der Waals surface area contributed by atoms with Crippen LogP contribution in [0.2, 0.25) is 5.15 Å². The molecule has 0 saturated carbocycles. The Kier molecular flexibility index (Phi) is 6.17. The molecule has 0 radical (unpaired) electrons. The van der Waals surface area contributed by atoms with Crippen LogP contribution >= 0.6 is 11.6 Å². The van der Waals surface area contributed by atoms with Gasteiger partial charge >= 0.3 is 6.03 Å². The highest BCUT2D eigenvalue weighted by molar-refractivity contribution is 6.29. The number of hydrogen-bond donors (Lipinski definition) is 1. The molecule has 2 heterocycles. The van der Waals surface area contributed by atoms with Crippen LogP contribution in [0, 0.1) is 6.92 Å². The summed E-state index contributed by atoms with van der Waals surface area (Å²) in [6, 6.07) is 10.5. The second-order valence-electron chi connectivity index (χ2n) is 7.16. The van der Waals surface area contributed by atoms with Crippen LogP contribution in [0.15, 0.2) is 47.7 Å². The summed E-state index contributed by atoms with van der Waals surface area (Å²) < 4.78 is 0. The van der Waals surface area contributed by atoms with Crippen molar-refractivity contribution in [1.82, 2.24) is 20.2 Å². The number of halogens is 1. The Hall–Kier alpha value is -2.93. The average molecular weight is 414 g/mol. The average Bonchev–Trinajstić information content (AvgIpc) is 3.13. The fourth-order valence-electron chi connectivity index (χ4n) is 3.10. The number of rotatable bonds is 4. The van der Waals surface area contributed by atoms with Gasteiger partial charge in [-0.2, -0.15) is 5.10 Å². The fraction of sp³-hybridized carbons (Fsp3) is 0.333. The second-order valence-corrected chi connectivity index (χ2v) is 7.55. The second kappa shape index (κ2) is 8.61. The zero-order valence-corrected chi connectivity index (χ0v) is 17.6. The van der Waals surface area contributed by atoms with Crippen LogP contribution in [-0.2, 0) is 4.79 Å². The number of aromatic nitrogens is 1. The van der Waals surface area contributed by atoms with E-state index in [2.05, 4.69) is 15.4 Å². The van der Waals surface area contributed by atoms with Crippen LogP contribution in [0.25, 0.3) is 0 Å². The molecule has 1 aliphatic rings. The van der Waals surface area contributed by atoms with Gasteiger partial charge < -0.3 is 10.2 Å². The van der Waals surface area contributed by atoms with Crippen LogP contribution in [0.1, 0.15) is 36.6 Å². The summed E-state index contributed by atoms with van der Waals surface area (Å²) in [6.45, 7) is 5.66. The molecule has 1 aromatic carbocycles. The van der Waals surface area contributed by atoms with E-state index in [-0.39, 0.29) is 30.6 Å². The smallest absolute Gasteiger partial charge is 0.335 e. The summed E-state index contributed by atoms with van der Waals surface area (Å²) in [6.07, 6.45) is 1.63. The molecule has 1 N–H and O–H groups in total. The first-order chi connectivity index (χ1) is 13.8. The molecule has 7 nitrogen and oxygen atoms in total. The number of likely N-dealkylation sites (N-methyl/N-ethyl adjacent to an activating group) is 1. The van der Waals surface area contributed by atoms with Crippen molar-refractivity contribution in [2.45, 2.75) is 32.9 Å². The molecule has 2 aromatic rings. The number of hydrazone groups is 1. The summed E-state index contributed by atoms with van der Waals surface area (Å²) in [4.78, 5) is 30.4. The number of nitrogens with one attached hydrogen (secondary N) is 1. The van der Waals surface area contributed by atoms with Gasteiger partial charge in [0.15, 0.2) is 0 Å². The molecule has 3 amide bonds. The van der Waals surface area contributed by atoms with Crippen LogP contribution in [0.5, 0.6) is 0 Å². The van der Waals surface area contributed by atoms with Crippen LogP contribution in [-0.4, -0.2) is 52.2 Å². The maximum Gasteiger partial charge on any atom is 0.338 e. The number of urea groups is 1. The molecular weight excluding hydrogens is 390 g/mol. The largest absolute Gasteiger partial charge is 0.338 e. The first kappa shape index (κ1) is 20.8. The Balaban J connectivity index is 1.81. The van der Waals surface area contributed by atoms with Crippen molar-refractivity contribution < 1.29 is 9.59 Å². The molecule has 0 spiro atoms. The predicted octanol–water partition coefficient (Wildman–Crippen LogP) is 3.38. The number of carbonyl (C=O) groups is 2. The number of aryl methyl sites for hydroxylation is 1. The van der Waals surface area contributed by atoms with Crippen molar-refractivity contribution in [3.8, 4) is 0 Å². The third-order valence-electron chi connectivity index (χ3n) is 5.03. The number of hydrogen-bond acceptors (Lipinski definition) is 4. The summed E-state index contributed by atoms with van der Waals surface area (Å²) in [7, 11) is 1.72. The van der Waals surface area contributed by atoms with E-state index in [9.17, 15) is 9.59 Å². The monoisotopic (exact) mass is 413 g/mol. The SMILES string of the molecule is CC(=O)N(C)[C@@H]1CN(C(=O)NC(C)c2ccc(Cl)nc2)N=C1c1ccc(C)cc1. The Labute approximate surface area is 175 Å². The van der Waals surface area contributed by atoms with E-state index in [1.54, 1.807) is 24.2 Å². The van der Waals surface area contributed by atoms with Crippen molar-refractivity contribution in [3.63, 3.8) is 0 Å². The Morgan fingerprint density at radius 3 is 2.52 bits per heavy atom. The minimum absolute atomic E-state index is 0.0855. The fourth-order valence-corrected chi connectivity index (χ4v) is 3.21. The van der Waals surface area contributed by atoms with Crippen molar-refractivity contribution in [2.24, 2.45) is 5.10 Å². The third kappa shape index (κ3) is 4.74. The van der Waals surface area contributed by atoms with Crippen molar-refractivity contribution in [2.75, 3.05) is 13.6 Å². The highest BCUT2D eigenvalue weighted by atomic mass is 35.5. The predicted molar refractivity (Wildman–Crippen MR) is 113 cm³/mol. The summed E-state index contributed by atoms with van der Waals surface area (Å²) in [5, 5.41) is 9.23. The van der Waals surface area contributed by atoms with Gasteiger partial charge in [-0.05, 0) is 31.0 Å². The van der Waals surface area contributed by atoms with Gasteiger partial charge in [-0.3, -0.25) is 4.79 Å². The van der Waals surface area contributed by atoms with Gasteiger partial charge in [0, 0.05) is 20.2 Å². The van der Waals surface area contributed by atoms with Crippen molar-refractivity contribution in [1.29, 1.82) is 0 Å². The first-order valence-corrected chi connectivity index (χ1v) is 9.72. The van der Waals surface area contributed by atoms with Gasteiger partial charge in [0.05, 0.1) is 24.3 Å². The lowest BCUT2D eigenvalue weighted by Gasteiger charge is -2.25. The molecule has 152 valence electrons. The lowest BCUT2D eigenvalue weighted by Crippen LogP contribution is -2.45. The third-order valence-corrected chi connectivity index (χ3v) is 5.25. The van der Waals surface area contributed by atoms with Gasteiger partial charge in [0.1, 0.15) is 5.15 Å². The van der Waals surface area contributed by atoms with Gasteiger partial charge in [0.2, 0.25) is 5.91 Å². The van der Waals surface area contributed by atoms with Gasteiger partial charge in [-0.25, -0.2) is 14.8 Å². The van der Waals surface area contributed by atoms with Crippen LogP contribution in [0.3, 0.4) is 0 Å². The molecule has 2 atom stereocenters. The molecule has 8 heteroatoms. The highest BCUT2D eigenvalue weighted by Gasteiger charge is 2.35. The van der Waals surface area contributed by atoms with E-state index in [0.717, 1.165) is 16.7 Å². The molecule has 3 rings (SSSR count). The Morgan fingerprint density at radius 2 is 1.93 bits per heavy atom. The summed E-state index contributed by atoms with van der Waals surface area (Å²) in [5.41, 5.74) is 3.54. The summed E-state index contributed by atoms with van der Waals surface area (Å²) in [5.74, 6) is -0.0855. The number of pyridine rings is 1. The topological polar surface area (TPSA) is 77.9 Å². The van der Waals surface area contributed by atoms with E-state index in [4.69, 9.17) is 11.6 Å². The molecule has 0 fully saturated rings. The van der Waals surface area contributed by atoms with E-state index in [1.807, 2.05) is 44.2 Å². The minimum atomic E-state index is -0.337. The maximum atomic E-state index is 12.8. The standard InChI is InChI=1S/C21H24ClN5O2/c1-13-5-7-16(8-6-13)20-18(26(4)15(3)28)12-27(25-20)21(29)24-14(2)17-9-10-19(22)23-11-17/h5-11,14,18H,12H2,1-4H3,(H,24,29)/t14?,18-/m1/s1. The molecule has 1 unspecified atom stereocenters. The number of benzene rings is 1. The number of amides is 3. The quantitative estimate of drug-likeness (QED) is 0.780. The van der Waals surface area contributed by atoms with Crippen molar-refractivity contribution >= 4 is 29.3 Å². The highest BCUT2D eigenvalue weighted by Crippen LogP contribution is 2.20. The number of nitrogens with zero attached hydrogens (tertiary/aromatic N) is 4. The van der Waals surface area contributed by atoms with Crippen LogP contribution < -0.4 is 5.32 Å². The minimum Gasteiger partial charge on any atom is -0.335 e. The van der Waals surface area contributed by atoms with Gasteiger partial charge in [-0.1, -0.05) is 47.5 Å². The molecule has 1 aromatic heterocycles. The zero-order valence-electron chi connectivity index (χ0n) is 16.9.